The Balaban J connectivity index is 2.09. The van der Waals surface area contributed by atoms with Crippen molar-refractivity contribution in [2.45, 2.75) is 51.1 Å². The highest BCUT2D eigenvalue weighted by molar-refractivity contribution is 5.94. The van der Waals surface area contributed by atoms with Crippen LogP contribution >= 0.6 is 0 Å². The number of nitrogens with zero attached hydrogens (tertiary/aromatic N) is 1. The first kappa shape index (κ1) is 16.1. The van der Waals surface area contributed by atoms with Gasteiger partial charge in [-0.1, -0.05) is 0 Å². The minimum Gasteiger partial charge on any atom is -0.342 e. The fourth-order valence-electron chi connectivity index (χ4n) is 2.79. The highest BCUT2D eigenvalue weighted by Crippen LogP contribution is 2.41. The molecule has 1 N–H and O–H groups in total. The topological polar surface area (TPSA) is 58.6 Å². The van der Waals surface area contributed by atoms with Gasteiger partial charge in [-0.15, -0.1) is 13.2 Å². The minimum atomic E-state index is -4.72. The van der Waals surface area contributed by atoms with E-state index in [1.807, 2.05) is 0 Å². The maximum Gasteiger partial charge on any atom is 0.522 e. The first-order chi connectivity index (χ1) is 9.63. The van der Waals surface area contributed by atoms with Crippen molar-refractivity contribution in [3.05, 3.63) is 0 Å². The molecule has 0 aromatic carbocycles. The number of ether oxygens (including phenoxy) is 1. The second kappa shape index (κ2) is 5.47. The highest BCUT2D eigenvalue weighted by atomic mass is 19.4. The number of hydrogen-bond donors (Lipinski definition) is 1. The number of carbonyl (C=O) groups excluding carboxylic acids is 2. The van der Waals surface area contributed by atoms with Gasteiger partial charge in [-0.05, 0) is 32.6 Å². The van der Waals surface area contributed by atoms with Crippen molar-refractivity contribution in [1.29, 1.82) is 0 Å². The van der Waals surface area contributed by atoms with Crippen molar-refractivity contribution in [3.63, 3.8) is 0 Å². The van der Waals surface area contributed by atoms with Crippen molar-refractivity contribution in [2.75, 3.05) is 13.2 Å². The molecule has 2 atom stereocenters. The van der Waals surface area contributed by atoms with Gasteiger partial charge in [-0.3, -0.25) is 14.3 Å². The summed E-state index contributed by atoms with van der Waals surface area (Å²) in [5.41, 5.74) is -1.01. The summed E-state index contributed by atoms with van der Waals surface area (Å²) in [5, 5.41) is 2.74. The third-order valence-corrected chi connectivity index (χ3v) is 4.11. The smallest absolute Gasteiger partial charge is 0.342 e. The van der Waals surface area contributed by atoms with Crippen LogP contribution in [0.5, 0.6) is 0 Å². The van der Waals surface area contributed by atoms with Gasteiger partial charge in [0.15, 0.2) is 0 Å². The van der Waals surface area contributed by atoms with E-state index in [4.69, 9.17) is 0 Å². The van der Waals surface area contributed by atoms with Crippen LogP contribution in [0.25, 0.3) is 0 Å². The van der Waals surface area contributed by atoms with Crippen molar-refractivity contribution in [3.8, 4) is 0 Å². The molecular formula is C13H19F3N2O3. The Morgan fingerprint density at radius 1 is 1.38 bits per heavy atom. The van der Waals surface area contributed by atoms with Gasteiger partial charge in [0.05, 0.1) is 6.61 Å². The average Bonchev–Trinajstić information content (AvgIpc) is 3.15. The molecule has 0 aromatic heterocycles. The number of alkyl halides is 3. The summed E-state index contributed by atoms with van der Waals surface area (Å²) in [6.45, 7) is 2.50. The molecule has 8 heteroatoms. The normalized spacial score (nSPS) is 31.1. The van der Waals surface area contributed by atoms with Crippen molar-refractivity contribution in [2.24, 2.45) is 5.92 Å². The van der Waals surface area contributed by atoms with Gasteiger partial charge in [0.2, 0.25) is 11.8 Å². The Morgan fingerprint density at radius 2 is 2.00 bits per heavy atom. The third-order valence-electron chi connectivity index (χ3n) is 4.11. The van der Waals surface area contributed by atoms with E-state index in [1.54, 1.807) is 13.8 Å². The molecular weight excluding hydrogens is 289 g/mol. The predicted molar refractivity (Wildman–Crippen MR) is 67.1 cm³/mol. The first-order valence-electron chi connectivity index (χ1n) is 6.96. The zero-order chi connectivity index (χ0) is 15.8. The summed E-state index contributed by atoms with van der Waals surface area (Å²) in [6.07, 6.45) is -2.96. The molecule has 5 nitrogen and oxygen atoms in total. The highest BCUT2D eigenvalue weighted by Gasteiger charge is 2.52. The number of halogens is 3. The van der Waals surface area contributed by atoms with Crippen molar-refractivity contribution >= 4 is 11.8 Å². The molecule has 1 heterocycles. The van der Waals surface area contributed by atoms with Gasteiger partial charge in [-0.25, -0.2) is 0 Å². The van der Waals surface area contributed by atoms with Gasteiger partial charge >= 0.3 is 6.36 Å². The molecule has 1 aliphatic heterocycles. The minimum absolute atomic E-state index is 0.0604. The van der Waals surface area contributed by atoms with Crippen LogP contribution in [-0.4, -0.2) is 47.8 Å². The zero-order valence-electron chi connectivity index (χ0n) is 12.0. The molecule has 1 saturated heterocycles. The summed E-state index contributed by atoms with van der Waals surface area (Å²) in [6, 6.07) is -0.449. The van der Waals surface area contributed by atoms with E-state index in [0.717, 1.165) is 12.8 Å². The summed E-state index contributed by atoms with van der Waals surface area (Å²) >= 11 is 0. The van der Waals surface area contributed by atoms with E-state index < -0.39 is 24.6 Å². The zero-order valence-corrected chi connectivity index (χ0v) is 12.0. The Hall–Kier alpha value is -1.31. The molecule has 0 aromatic rings. The number of hydrogen-bond acceptors (Lipinski definition) is 3. The standard InChI is InChI=1S/C13H19F3N2O3/c1-8-7-10(19)17-12(2,9-3-4-9)11(20)18(8)5-6-21-13(14,15)16/h8-9H,3-7H2,1-2H3,(H,17,19). The Labute approximate surface area is 120 Å². The van der Waals surface area contributed by atoms with E-state index in [0.29, 0.717) is 0 Å². The second-order valence-corrected chi connectivity index (χ2v) is 5.87. The molecule has 2 fully saturated rings. The Bertz CT molecular complexity index is 437. The van der Waals surface area contributed by atoms with Crippen LogP contribution in [0.15, 0.2) is 0 Å². The quantitative estimate of drug-likeness (QED) is 0.855. The molecule has 2 aliphatic rings. The number of amides is 2. The molecule has 0 radical (unpaired) electrons. The molecule has 2 rings (SSSR count). The van der Waals surface area contributed by atoms with Crippen LogP contribution in [0.2, 0.25) is 0 Å². The van der Waals surface area contributed by atoms with Crippen LogP contribution in [0.4, 0.5) is 13.2 Å². The molecule has 1 aliphatic carbocycles. The second-order valence-electron chi connectivity index (χ2n) is 5.87. The van der Waals surface area contributed by atoms with E-state index >= 15 is 0 Å². The van der Waals surface area contributed by atoms with Crippen LogP contribution in [-0.2, 0) is 14.3 Å². The monoisotopic (exact) mass is 308 g/mol. The summed E-state index contributed by atoms with van der Waals surface area (Å²) < 4.78 is 39.9. The SMILES string of the molecule is CC1CC(=O)NC(C)(C2CC2)C(=O)N1CCOC(F)(F)F. The Morgan fingerprint density at radius 3 is 2.52 bits per heavy atom. The van der Waals surface area contributed by atoms with Gasteiger partial charge in [0.1, 0.15) is 5.54 Å². The fraction of sp³-hybridized carbons (Fsp3) is 0.846. The molecule has 0 spiro atoms. The van der Waals surface area contributed by atoms with Gasteiger partial charge in [0, 0.05) is 19.0 Å². The summed E-state index contributed by atoms with van der Waals surface area (Å²) in [7, 11) is 0. The fourth-order valence-corrected chi connectivity index (χ4v) is 2.79. The number of nitrogens with one attached hydrogen (secondary N) is 1. The molecule has 21 heavy (non-hydrogen) atoms. The van der Waals surface area contributed by atoms with E-state index in [9.17, 15) is 22.8 Å². The first-order valence-corrected chi connectivity index (χ1v) is 6.96. The number of carbonyl (C=O) groups is 2. The molecule has 0 bridgehead atoms. The molecule has 1 saturated carbocycles. The van der Waals surface area contributed by atoms with Crippen LogP contribution < -0.4 is 5.32 Å². The maximum absolute atomic E-state index is 12.6. The predicted octanol–water partition coefficient (Wildman–Crippen LogP) is 1.43. The maximum atomic E-state index is 12.6. The van der Waals surface area contributed by atoms with Gasteiger partial charge in [0.25, 0.3) is 0 Å². The van der Waals surface area contributed by atoms with E-state index in [2.05, 4.69) is 10.1 Å². The van der Waals surface area contributed by atoms with Crippen LogP contribution in [0, 0.1) is 5.92 Å². The van der Waals surface area contributed by atoms with Crippen molar-refractivity contribution in [1.82, 2.24) is 10.2 Å². The average molecular weight is 308 g/mol. The lowest BCUT2D eigenvalue weighted by molar-refractivity contribution is -0.325. The van der Waals surface area contributed by atoms with Crippen LogP contribution in [0.1, 0.15) is 33.1 Å². The third kappa shape index (κ3) is 3.66. The lowest BCUT2D eigenvalue weighted by Gasteiger charge is -2.34. The lowest BCUT2D eigenvalue weighted by Crippen LogP contribution is -2.57. The summed E-state index contributed by atoms with van der Waals surface area (Å²) in [5.74, 6) is -0.510. The van der Waals surface area contributed by atoms with Gasteiger partial charge < -0.3 is 10.2 Å². The largest absolute Gasteiger partial charge is 0.522 e. The summed E-state index contributed by atoms with van der Waals surface area (Å²) in [4.78, 5) is 25.8. The van der Waals surface area contributed by atoms with E-state index in [1.165, 1.54) is 4.90 Å². The van der Waals surface area contributed by atoms with E-state index in [-0.39, 0.29) is 30.7 Å². The Kier molecular flexibility index (Phi) is 4.19. The van der Waals surface area contributed by atoms with Crippen LogP contribution in [0.3, 0.4) is 0 Å². The number of rotatable bonds is 4. The molecule has 2 unspecified atom stereocenters. The molecule has 2 amide bonds. The lowest BCUT2D eigenvalue weighted by atomic mass is 9.94. The van der Waals surface area contributed by atoms with Crippen molar-refractivity contribution < 1.29 is 27.5 Å². The molecule has 120 valence electrons. The van der Waals surface area contributed by atoms with Gasteiger partial charge in [-0.2, -0.15) is 0 Å².